The molecule has 3 nitrogen and oxygen atoms in total. The topological polar surface area (TPSA) is 50.9 Å². The lowest BCUT2D eigenvalue weighted by Crippen LogP contribution is -2.11. The van der Waals surface area contributed by atoms with Crippen molar-refractivity contribution >= 4 is 11.4 Å². The summed E-state index contributed by atoms with van der Waals surface area (Å²) < 4.78 is 38.7. The molecule has 0 bridgehead atoms. The van der Waals surface area contributed by atoms with Crippen LogP contribution in [0.4, 0.5) is 24.5 Å². The second-order valence-corrected chi connectivity index (χ2v) is 4.46. The highest BCUT2D eigenvalue weighted by Crippen LogP contribution is 2.36. The molecule has 0 aliphatic carbocycles. The van der Waals surface area contributed by atoms with E-state index in [4.69, 9.17) is 5.73 Å². The molecule has 0 amide bonds. The van der Waals surface area contributed by atoms with Crippen LogP contribution in [0.1, 0.15) is 16.8 Å². The van der Waals surface area contributed by atoms with E-state index < -0.39 is 11.7 Å². The zero-order valence-electron chi connectivity index (χ0n) is 10.8. The minimum absolute atomic E-state index is 0.00674. The van der Waals surface area contributed by atoms with Gasteiger partial charge in [0.2, 0.25) is 0 Å². The minimum atomic E-state index is -4.44. The predicted octanol–water partition coefficient (Wildman–Crippen LogP) is 3.60. The first-order chi connectivity index (χ1) is 9.36. The maximum Gasteiger partial charge on any atom is 0.418 e. The highest BCUT2D eigenvalue weighted by molar-refractivity contribution is 5.59. The van der Waals surface area contributed by atoms with Crippen LogP contribution in [-0.4, -0.2) is 4.98 Å². The van der Waals surface area contributed by atoms with Crippen molar-refractivity contribution in [2.45, 2.75) is 19.6 Å². The standard InChI is InChI=1S/C14H14F3N3/c1-9-2-3-10(7-19-9)8-20-13-5-4-11(18)6-12(13)14(15,16)17/h2-7,20H,8,18H2,1H3. The molecule has 0 aliphatic heterocycles. The Labute approximate surface area is 114 Å². The summed E-state index contributed by atoms with van der Waals surface area (Å²) in [7, 11) is 0. The molecule has 3 N–H and O–H groups in total. The number of nitrogen functional groups attached to an aromatic ring is 1. The molecule has 0 saturated carbocycles. The predicted molar refractivity (Wildman–Crippen MR) is 72.2 cm³/mol. The lowest BCUT2D eigenvalue weighted by molar-refractivity contribution is -0.136. The number of nitrogens with one attached hydrogen (secondary N) is 1. The number of hydrogen-bond donors (Lipinski definition) is 2. The quantitative estimate of drug-likeness (QED) is 0.845. The molecule has 0 atom stereocenters. The van der Waals surface area contributed by atoms with E-state index in [1.807, 2.05) is 19.1 Å². The van der Waals surface area contributed by atoms with Crippen molar-refractivity contribution in [2.75, 3.05) is 11.1 Å². The second-order valence-electron chi connectivity index (χ2n) is 4.46. The highest BCUT2D eigenvalue weighted by atomic mass is 19.4. The van der Waals surface area contributed by atoms with Crippen LogP contribution in [-0.2, 0) is 12.7 Å². The number of halogens is 3. The molecule has 0 spiro atoms. The molecular weight excluding hydrogens is 267 g/mol. The monoisotopic (exact) mass is 281 g/mol. The van der Waals surface area contributed by atoms with Crippen LogP contribution < -0.4 is 11.1 Å². The third-order valence-corrected chi connectivity index (χ3v) is 2.80. The van der Waals surface area contributed by atoms with Crippen molar-refractivity contribution < 1.29 is 13.2 Å². The molecule has 0 radical (unpaired) electrons. The van der Waals surface area contributed by atoms with E-state index >= 15 is 0 Å². The van der Waals surface area contributed by atoms with Crippen LogP contribution in [0, 0.1) is 6.92 Å². The normalized spacial score (nSPS) is 11.4. The largest absolute Gasteiger partial charge is 0.418 e. The number of aryl methyl sites for hydroxylation is 1. The molecule has 0 aliphatic rings. The third kappa shape index (κ3) is 3.40. The number of rotatable bonds is 3. The number of benzene rings is 1. The van der Waals surface area contributed by atoms with Gasteiger partial charge in [0.1, 0.15) is 0 Å². The Balaban J connectivity index is 2.19. The lowest BCUT2D eigenvalue weighted by Gasteiger charge is -2.15. The maximum atomic E-state index is 12.9. The summed E-state index contributed by atoms with van der Waals surface area (Å²) in [6.45, 7) is 2.11. The fourth-order valence-electron chi connectivity index (χ4n) is 1.75. The molecule has 20 heavy (non-hydrogen) atoms. The van der Waals surface area contributed by atoms with Gasteiger partial charge in [-0.15, -0.1) is 0 Å². The van der Waals surface area contributed by atoms with Gasteiger partial charge in [0, 0.05) is 29.8 Å². The van der Waals surface area contributed by atoms with Crippen molar-refractivity contribution in [1.29, 1.82) is 0 Å². The van der Waals surface area contributed by atoms with Crippen molar-refractivity contribution in [3.05, 3.63) is 53.3 Å². The average molecular weight is 281 g/mol. The van der Waals surface area contributed by atoms with Crippen LogP contribution in [0.3, 0.4) is 0 Å². The van der Waals surface area contributed by atoms with Gasteiger partial charge in [-0.05, 0) is 36.8 Å². The van der Waals surface area contributed by atoms with E-state index in [0.29, 0.717) is 0 Å². The van der Waals surface area contributed by atoms with Gasteiger partial charge in [0.05, 0.1) is 5.56 Å². The van der Waals surface area contributed by atoms with Crippen molar-refractivity contribution in [2.24, 2.45) is 0 Å². The van der Waals surface area contributed by atoms with Crippen molar-refractivity contribution in [3.8, 4) is 0 Å². The van der Waals surface area contributed by atoms with E-state index in [9.17, 15) is 13.2 Å². The summed E-state index contributed by atoms with van der Waals surface area (Å²) in [6.07, 6.45) is -2.81. The van der Waals surface area contributed by atoms with Crippen molar-refractivity contribution in [1.82, 2.24) is 4.98 Å². The number of aromatic nitrogens is 1. The smallest absolute Gasteiger partial charge is 0.399 e. The molecule has 0 unspecified atom stereocenters. The molecule has 1 heterocycles. The lowest BCUT2D eigenvalue weighted by atomic mass is 10.1. The average Bonchev–Trinajstić information content (AvgIpc) is 2.38. The van der Waals surface area contributed by atoms with E-state index in [1.165, 1.54) is 12.1 Å². The summed E-state index contributed by atoms with van der Waals surface area (Å²) in [6, 6.07) is 7.32. The Hall–Kier alpha value is -2.24. The van der Waals surface area contributed by atoms with Crippen LogP contribution in [0.2, 0.25) is 0 Å². The Bertz CT molecular complexity index is 592. The van der Waals surface area contributed by atoms with Gasteiger partial charge in [0.25, 0.3) is 0 Å². The van der Waals surface area contributed by atoms with Crippen LogP contribution in [0.25, 0.3) is 0 Å². The zero-order valence-corrected chi connectivity index (χ0v) is 10.8. The summed E-state index contributed by atoms with van der Waals surface area (Å²) >= 11 is 0. The summed E-state index contributed by atoms with van der Waals surface area (Å²) in [4.78, 5) is 4.09. The number of nitrogens with zero attached hydrogens (tertiary/aromatic N) is 1. The summed E-state index contributed by atoms with van der Waals surface area (Å²) in [5, 5.41) is 2.77. The Morgan fingerprint density at radius 2 is 1.95 bits per heavy atom. The van der Waals surface area contributed by atoms with E-state index in [1.54, 1.807) is 6.20 Å². The highest BCUT2D eigenvalue weighted by Gasteiger charge is 2.33. The second kappa shape index (κ2) is 5.40. The van der Waals surface area contributed by atoms with Gasteiger partial charge in [-0.1, -0.05) is 6.07 Å². The summed E-state index contributed by atoms with van der Waals surface area (Å²) in [5.41, 5.74) is 6.40. The molecule has 1 aromatic heterocycles. The number of hydrogen-bond acceptors (Lipinski definition) is 3. The number of nitrogens with two attached hydrogens (primary N) is 1. The van der Waals surface area contributed by atoms with E-state index in [2.05, 4.69) is 10.3 Å². The molecule has 2 aromatic rings. The van der Waals surface area contributed by atoms with Gasteiger partial charge in [-0.3, -0.25) is 4.98 Å². The van der Waals surface area contributed by atoms with Gasteiger partial charge < -0.3 is 11.1 Å². The van der Waals surface area contributed by atoms with Gasteiger partial charge in [0.15, 0.2) is 0 Å². The van der Waals surface area contributed by atoms with E-state index in [0.717, 1.165) is 17.3 Å². The fourth-order valence-corrected chi connectivity index (χ4v) is 1.75. The van der Waals surface area contributed by atoms with Gasteiger partial charge in [-0.25, -0.2) is 0 Å². The van der Waals surface area contributed by atoms with Crippen LogP contribution in [0.15, 0.2) is 36.5 Å². The minimum Gasteiger partial charge on any atom is -0.399 e. The fraction of sp³-hybridized carbons (Fsp3) is 0.214. The molecule has 106 valence electrons. The maximum absolute atomic E-state index is 12.9. The SMILES string of the molecule is Cc1ccc(CNc2ccc(N)cc2C(F)(F)F)cn1. The van der Waals surface area contributed by atoms with Crippen molar-refractivity contribution in [3.63, 3.8) is 0 Å². The molecular formula is C14H14F3N3. The number of anilines is 2. The molecule has 1 aromatic carbocycles. The van der Waals surface area contributed by atoms with Crippen LogP contribution in [0.5, 0.6) is 0 Å². The Morgan fingerprint density at radius 1 is 1.20 bits per heavy atom. The van der Waals surface area contributed by atoms with Crippen LogP contribution >= 0.6 is 0 Å². The van der Waals surface area contributed by atoms with Gasteiger partial charge >= 0.3 is 6.18 Å². The number of pyridine rings is 1. The molecule has 0 saturated heterocycles. The zero-order chi connectivity index (χ0) is 14.8. The molecule has 2 rings (SSSR count). The number of alkyl halides is 3. The van der Waals surface area contributed by atoms with E-state index in [-0.39, 0.29) is 17.9 Å². The Kier molecular flexibility index (Phi) is 3.83. The Morgan fingerprint density at radius 3 is 2.55 bits per heavy atom. The first kappa shape index (κ1) is 14.2. The molecule has 6 heteroatoms. The third-order valence-electron chi connectivity index (χ3n) is 2.80. The summed E-state index contributed by atoms with van der Waals surface area (Å²) in [5.74, 6) is 0. The first-order valence-corrected chi connectivity index (χ1v) is 5.98. The molecule has 0 fully saturated rings. The van der Waals surface area contributed by atoms with Gasteiger partial charge in [-0.2, -0.15) is 13.2 Å². The first-order valence-electron chi connectivity index (χ1n) is 5.98.